The van der Waals surface area contributed by atoms with E-state index >= 15 is 0 Å². The summed E-state index contributed by atoms with van der Waals surface area (Å²) in [6, 6.07) is 16.3. The molecule has 0 fully saturated rings. The van der Waals surface area contributed by atoms with E-state index in [2.05, 4.69) is 10.4 Å². The summed E-state index contributed by atoms with van der Waals surface area (Å²) in [6.07, 6.45) is 0. The van der Waals surface area contributed by atoms with Gasteiger partial charge in [0.15, 0.2) is 5.69 Å². The third kappa shape index (κ3) is 4.25. The maximum absolute atomic E-state index is 12.7. The van der Waals surface area contributed by atoms with Gasteiger partial charge in [-0.1, -0.05) is 24.3 Å². The van der Waals surface area contributed by atoms with E-state index in [0.717, 1.165) is 4.31 Å². The number of para-hydroxylation sites is 1. The lowest BCUT2D eigenvalue weighted by molar-refractivity contribution is 0.101. The van der Waals surface area contributed by atoms with Crippen molar-refractivity contribution in [2.45, 2.75) is 11.8 Å². The summed E-state index contributed by atoms with van der Waals surface area (Å²) in [5.41, 5.74) is 0.713. The lowest BCUT2D eigenvalue weighted by atomic mass is 10.2. The fraction of sp³-hybridized carbons (Fsp3) is 0.150. The van der Waals surface area contributed by atoms with Gasteiger partial charge in [0.25, 0.3) is 5.91 Å². The first kappa shape index (κ1) is 20.4. The standard InChI is InChI=1S/C20H20N4O4S/c1-14-12-18(25)19(22-24(14)16-9-5-4-6-10-16)20(26)21-15-8-7-11-17(13-15)29(27,28)23(2)3/h4-13H,1-3H3,(H,21,26). The Kier molecular flexibility index (Phi) is 5.62. The molecule has 0 saturated carbocycles. The molecule has 1 aromatic heterocycles. The SMILES string of the molecule is Cc1cc(=O)c(C(=O)Nc2cccc(S(=O)(=O)N(C)C)c2)nn1-c1ccccc1. The van der Waals surface area contributed by atoms with Gasteiger partial charge in [0.2, 0.25) is 15.5 Å². The van der Waals surface area contributed by atoms with Crippen molar-refractivity contribution in [3.63, 3.8) is 0 Å². The van der Waals surface area contributed by atoms with Gasteiger partial charge >= 0.3 is 0 Å². The number of anilines is 1. The summed E-state index contributed by atoms with van der Waals surface area (Å²) < 4.78 is 27.1. The summed E-state index contributed by atoms with van der Waals surface area (Å²) in [7, 11) is -0.817. The maximum atomic E-state index is 12.7. The number of nitrogens with one attached hydrogen (secondary N) is 1. The van der Waals surface area contributed by atoms with E-state index < -0.39 is 21.4 Å². The van der Waals surface area contributed by atoms with E-state index in [1.54, 1.807) is 6.92 Å². The summed E-state index contributed by atoms with van der Waals surface area (Å²) in [6.45, 7) is 1.72. The largest absolute Gasteiger partial charge is 0.320 e. The van der Waals surface area contributed by atoms with Crippen LogP contribution in [-0.2, 0) is 10.0 Å². The Bertz CT molecular complexity index is 1220. The number of aromatic nitrogens is 2. The second-order valence-corrected chi connectivity index (χ2v) is 8.67. The molecule has 1 N–H and O–H groups in total. The van der Waals surface area contributed by atoms with Crippen LogP contribution in [0.2, 0.25) is 0 Å². The fourth-order valence-corrected chi connectivity index (χ4v) is 3.62. The van der Waals surface area contributed by atoms with Crippen LogP contribution in [0.4, 0.5) is 5.69 Å². The normalized spacial score (nSPS) is 11.4. The van der Waals surface area contributed by atoms with E-state index in [4.69, 9.17) is 0 Å². The molecule has 29 heavy (non-hydrogen) atoms. The lowest BCUT2D eigenvalue weighted by Gasteiger charge is -2.13. The van der Waals surface area contributed by atoms with E-state index in [-0.39, 0.29) is 16.3 Å². The van der Waals surface area contributed by atoms with Crippen LogP contribution in [0.3, 0.4) is 0 Å². The topological polar surface area (TPSA) is 101 Å². The molecule has 1 heterocycles. The number of sulfonamides is 1. The van der Waals surface area contributed by atoms with E-state index in [1.807, 2.05) is 30.3 Å². The molecule has 0 unspecified atom stereocenters. The molecule has 8 nitrogen and oxygen atoms in total. The number of hydrogen-bond acceptors (Lipinski definition) is 5. The van der Waals surface area contributed by atoms with Gasteiger partial charge in [-0.25, -0.2) is 17.4 Å². The predicted molar refractivity (Wildman–Crippen MR) is 110 cm³/mol. The number of nitrogens with zero attached hydrogens (tertiary/aromatic N) is 3. The van der Waals surface area contributed by atoms with Gasteiger partial charge < -0.3 is 5.32 Å². The quantitative estimate of drug-likeness (QED) is 0.691. The number of hydrogen-bond donors (Lipinski definition) is 1. The fourth-order valence-electron chi connectivity index (χ4n) is 2.67. The average Bonchev–Trinajstić information content (AvgIpc) is 2.68. The number of rotatable bonds is 5. The number of aryl methyl sites for hydroxylation is 1. The van der Waals surface area contributed by atoms with Gasteiger partial charge in [-0.2, -0.15) is 5.10 Å². The zero-order valence-corrected chi connectivity index (χ0v) is 17.0. The first-order chi connectivity index (χ1) is 13.7. The lowest BCUT2D eigenvalue weighted by Crippen LogP contribution is -2.27. The van der Waals surface area contributed by atoms with E-state index in [1.165, 1.54) is 49.1 Å². The van der Waals surface area contributed by atoms with Crippen LogP contribution in [0.1, 0.15) is 16.2 Å². The number of carbonyl (C=O) groups excluding carboxylic acids is 1. The van der Waals surface area contributed by atoms with Crippen LogP contribution in [-0.4, -0.2) is 42.5 Å². The van der Waals surface area contributed by atoms with Gasteiger partial charge in [-0.15, -0.1) is 0 Å². The van der Waals surface area contributed by atoms with E-state index in [9.17, 15) is 18.0 Å². The molecule has 0 aliphatic rings. The third-order valence-corrected chi connectivity index (χ3v) is 6.00. The molecular formula is C20H20N4O4S. The number of benzene rings is 2. The highest BCUT2D eigenvalue weighted by atomic mass is 32.2. The zero-order valence-electron chi connectivity index (χ0n) is 16.2. The van der Waals surface area contributed by atoms with Crippen LogP contribution >= 0.6 is 0 Å². The second kappa shape index (κ2) is 7.98. The molecule has 0 bridgehead atoms. The molecule has 150 valence electrons. The van der Waals surface area contributed by atoms with Gasteiger partial charge in [0.1, 0.15) is 0 Å². The molecule has 0 atom stereocenters. The highest BCUT2D eigenvalue weighted by Gasteiger charge is 2.19. The van der Waals surface area contributed by atoms with Crippen molar-refractivity contribution in [1.29, 1.82) is 0 Å². The minimum absolute atomic E-state index is 0.0267. The second-order valence-electron chi connectivity index (χ2n) is 6.52. The Morgan fingerprint density at radius 3 is 2.38 bits per heavy atom. The Labute approximate surface area is 168 Å². The van der Waals surface area contributed by atoms with Gasteiger partial charge in [0.05, 0.1) is 10.6 Å². The van der Waals surface area contributed by atoms with Crippen molar-refractivity contribution >= 4 is 21.6 Å². The molecule has 0 aliphatic heterocycles. The van der Waals surface area contributed by atoms with Gasteiger partial charge in [-0.05, 0) is 37.3 Å². The predicted octanol–water partition coefficient (Wildman–Crippen LogP) is 2.04. The van der Waals surface area contributed by atoms with Crippen LogP contribution in [0.15, 0.2) is 70.4 Å². The molecule has 1 amide bonds. The zero-order chi connectivity index (χ0) is 21.2. The molecule has 0 spiro atoms. The van der Waals surface area contributed by atoms with Crippen molar-refractivity contribution in [3.8, 4) is 5.69 Å². The monoisotopic (exact) mass is 412 g/mol. The number of amides is 1. The van der Waals surface area contributed by atoms with Crippen LogP contribution in [0, 0.1) is 6.92 Å². The Morgan fingerprint density at radius 1 is 1.03 bits per heavy atom. The first-order valence-corrected chi connectivity index (χ1v) is 10.1. The Balaban J connectivity index is 1.96. The minimum Gasteiger partial charge on any atom is -0.320 e. The molecule has 3 aromatic rings. The molecule has 0 radical (unpaired) electrons. The van der Waals surface area contributed by atoms with Crippen LogP contribution in [0.25, 0.3) is 5.69 Å². The third-order valence-electron chi connectivity index (χ3n) is 4.19. The maximum Gasteiger partial charge on any atom is 0.280 e. The van der Waals surface area contributed by atoms with Crippen molar-refractivity contribution in [1.82, 2.24) is 14.1 Å². The average molecular weight is 412 g/mol. The van der Waals surface area contributed by atoms with Crippen molar-refractivity contribution < 1.29 is 13.2 Å². The summed E-state index contributed by atoms with van der Waals surface area (Å²) in [5, 5.41) is 6.75. The Hall–Kier alpha value is -3.30. The van der Waals surface area contributed by atoms with Gasteiger partial charge in [0, 0.05) is 31.5 Å². The molecule has 0 saturated heterocycles. The van der Waals surface area contributed by atoms with Crippen molar-refractivity contribution in [2.75, 3.05) is 19.4 Å². The van der Waals surface area contributed by atoms with Crippen molar-refractivity contribution in [2.24, 2.45) is 0 Å². The minimum atomic E-state index is -3.66. The molecule has 3 rings (SSSR count). The summed E-state index contributed by atoms with van der Waals surface area (Å²) >= 11 is 0. The number of carbonyl (C=O) groups is 1. The molecule has 0 aliphatic carbocycles. The summed E-state index contributed by atoms with van der Waals surface area (Å²) in [4.78, 5) is 25.0. The van der Waals surface area contributed by atoms with Crippen molar-refractivity contribution in [3.05, 3.63) is 82.3 Å². The highest BCUT2D eigenvalue weighted by Crippen LogP contribution is 2.18. The molecule has 2 aromatic carbocycles. The summed E-state index contributed by atoms with van der Waals surface area (Å²) in [5.74, 6) is -0.723. The molecule has 9 heteroatoms. The van der Waals surface area contributed by atoms with Crippen LogP contribution in [0.5, 0.6) is 0 Å². The van der Waals surface area contributed by atoms with Crippen LogP contribution < -0.4 is 10.7 Å². The Morgan fingerprint density at radius 2 is 1.72 bits per heavy atom. The highest BCUT2D eigenvalue weighted by molar-refractivity contribution is 7.89. The van der Waals surface area contributed by atoms with E-state index in [0.29, 0.717) is 11.4 Å². The molecular weight excluding hydrogens is 392 g/mol. The van der Waals surface area contributed by atoms with Gasteiger partial charge in [-0.3, -0.25) is 9.59 Å². The smallest absolute Gasteiger partial charge is 0.280 e. The first-order valence-electron chi connectivity index (χ1n) is 8.70.